The van der Waals surface area contributed by atoms with Crippen LogP contribution in [0.25, 0.3) is 0 Å². The molecule has 100 valence electrons. The van der Waals surface area contributed by atoms with Gasteiger partial charge in [-0.1, -0.05) is 44.5 Å². The molecule has 0 spiro atoms. The second kappa shape index (κ2) is 5.61. The molecule has 0 aliphatic rings. The quantitative estimate of drug-likeness (QED) is 0.829. The fourth-order valence-electron chi connectivity index (χ4n) is 1.35. The lowest BCUT2D eigenvalue weighted by Crippen LogP contribution is -2.43. The summed E-state index contributed by atoms with van der Waals surface area (Å²) in [6.07, 6.45) is 0. The van der Waals surface area contributed by atoms with Gasteiger partial charge in [0.15, 0.2) is 0 Å². The normalized spacial score (nSPS) is 13.0. The number of carbonyl (C=O) groups excluding carboxylic acids is 1. The van der Waals surface area contributed by atoms with E-state index < -0.39 is 0 Å². The summed E-state index contributed by atoms with van der Waals surface area (Å²) in [5.41, 5.74) is 1.63. The molecule has 18 heavy (non-hydrogen) atoms. The summed E-state index contributed by atoms with van der Waals surface area (Å²) in [4.78, 5) is 11.9. The van der Waals surface area contributed by atoms with Crippen LogP contribution in [0, 0.1) is 12.3 Å². The zero-order valence-corrected chi connectivity index (χ0v) is 12.4. The van der Waals surface area contributed by atoms with Crippen LogP contribution in [0.15, 0.2) is 18.2 Å². The highest BCUT2D eigenvalue weighted by atomic mass is 35.5. The van der Waals surface area contributed by atoms with Crippen LogP contribution in [0.3, 0.4) is 0 Å². The van der Waals surface area contributed by atoms with Gasteiger partial charge >= 0.3 is 6.03 Å². The van der Waals surface area contributed by atoms with Gasteiger partial charge in [-0.25, -0.2) is 4.79 Å². The minimum absolute atomic E-state index is 0.0207. The number of nitrogens with one attached hydrogen (secondary N) is 2. The fourth-order valence-corrected chi connectivity index (χ4v) is 1.62. The summed E-state index contributed by atoms with van der Waals surface area (Å²) in [7, 11) is 0. The minimum atomic E-state index is -0.228. The van der Waals surface area contributed by atoms with E-state index in [4.69, 9.17) is 11.6 Å². The third-order valence-corrected chi connectivity index (χ3v) is 3.42. The molecule has 0 aliphatic heterocycles. The molecular formula is C14H21ClN2O. The molecule has 0 saturated heterocycles. The molecule has 2 amide bonds. The van der Waals surface area contributed by atoms with E-state index >= 15 is 0 Å². The van der Waals surface area contributed by atoms with E-state index in [0.29, 0.717) is 10.7 Å². The van der Waals surface area contributed by atoms with E-state index in [1.165, 1.54) is 0 Å². The van der Waals surface area contributed by atoms with Gasteiger partial charge in [-0.3, -0.25) is 0 Å². The lowest BCUT2D eigenvalue weighted by Gasteiger charge is -2.28. The molecule has 0 heterocycles. The molecule has 0 fully saturated rings. The maximum atomic E-state index is 11.9. The summed E-state index contributed by atoms with van der Waals surface area (Å²) in [6.45, 7) is 10.1. The molecule has 0 saturated carbocycles. The molecule has 2 N–H and O–H groups in total. The third kappa shape index (κ3) is 3.91. The van der Waals surface area contributed by atoms with Crippen molar-refractivity contribution >= 4 is 23.3 Å². The molecule has 1 unspecified atom stereocenters. The lowest BCUT2D eigenvalue weighted by atomic mass is 9.88. The van der Waals surface area contributed by atoms with Crippen LogP contribution in [0.2, 0.25) is 5.02 Å². The molecule has 3 nitrogen and oxygen atoms in total. The van der Waals surface area contributed by atoms with Crippen molar-refractivity contribution in [3.05, 3.63) is 28.8 Å². The van der Waals surface area contributed by atoms with Gasteiger partial charge in [-0.15, -0.1) is 0 Å². The standard InChI is InChI=1S/C14H21ClN2O/c1-9-7-6-8-11(15)12(9)17-13(18)16-10(2)14(3,4)5/h6-8,10H,1-5H3,(H2,16,17,18). The van der Waals surface area contributed by atoms with Crippen molar-refractivity contribution in [3.63, 3.8) is 0 Å². The predicted molar refractivity (Wildman–Crippen MR) is 77.3 cm³/mol. The van der Waals surface area contributed by atoms with E-state index in [9.17, 15) is 4.79 Å². The Morgan fingerprint density at radius 1 is 1.33 bits per heavy atom. The summed E-state index contributed by atoms with van der Waals surface area (Å²) in [6, 6.07) is 5.37. The van der Waals surface area contributed by atoms with Crippen molar-refractivity contribution in [1.82, 2.24) is 5.32 Å². The van der Waals surface area contributed by atoms with Gasteiger partial charge in [-0.2, -0.15) is 0 Å². The van der Waals surface area contributed by atoms with Gasteiger partial charge in [0.1, 0.15) is 0 Å². The maximum absolute atomic E-state index is 11.9. The predicted octanol–water partition coefficient (Wildman–Crippen LogP) is 4.20. The molecular weight excluding hydrogens is 248 g/mol. The first-order chi connectivity index (χ1) is 8.21. The minimum Gasteiger partial charge on any atom is -0.335 e. The number of benzene rings is 1. The van der Waals surface area contributed by atoms with Crippen LogP contribution in [0.1, 0.15) is 33.3 Å². The zero-order valence-electron chi connectivity index (χ0n) is 11.6. The smallest absolute Gasteiger partial charge is 0.319 e. The van der Waals surface area contributed by atoms with E-state index in [1.54, 1.807) is 6.07 Å². The second-order valence-electron chi connectivity index (χ2n) is 5.62. The van der Waals surface area contributed by atoms with E-state index in [-0.39, 0.29) is 17.5 Å². The average Bonchev–Trinajstić information content (AvgIpc) is 2.22. The zero-order chi connectivity index (χ0) is 13.9. The Morgan fingerprint density at radius 3 is 2.44 bits per heavy atom. The summed E-state index contributed by atoms with van der Waals surface area (Å²) < 4.78 is 0. The Hall–Kier alpha value is -1.22. The SMILES string of the molecule is Cc1cccc(Cl)c1NC(=O)NC(C)C(C)(C)C. The molecule has 0 bridgehead atoms. The fraction of sp³-hybridized carbons (Fsp3) is 0.500. The molecule has 1 aromatic rings. The highest BCUT2D eigenvalue weighted by Crippen LogP contribution is 2.25. The highest BCUT2D eigenvalue weighted by Gasteiger charge is 2.21. The molecule has 0 radical (unpaired) electrons. The molecule has 1 rings (SSSR count). The van der Waals surface area contributed by atoms with Crippen LogP contribution in [-0.4, -0.2) is 12.1 Å². The summed E-state index contributed by atoms with van der Waals surface area (Å²) in [5.74, 6) is 0. The molecule has 1 aromatic carbocycles. The van der Waals surface area contributed by atoms with Gasteiger partial charge in [0.2, 0.25) is 0 Å². The van der Waals surface area contributed by atoms with Crippen LogP contribution in [0.4, 0.5) is 10.5 Å². The maximum Gasteiger partial charge on any atom is 0.319 e. The second-order valence-corrected chi connectivity index (χ2v) is 6.03. The Kier molecular flexibility index (Phi) is 4.63. The molecule has 0 aliphatic carbocycles. The largest absolute Gasteiger partial charge is 0.335 e. The number of anilines is 1. The number of para-hydroxylation sites is 1. The Labute approximate surface area is 114 Å². The monoisotopic (exact) mass is 268 g/mol. The summed E-state index contributed by atoms with van der Waals surface area (Å²) >= 11 is 6.06. The number of halogens is 1. The molecule has 0 aromatic heterocycles. The number of aryl methyl sites for hydroxylation is 1. The number of urea groups is 1. The van der Waals surface area contributed by atoms with E-state index in [2.05, 4.69) is 31.4 Å². The van der Waals surface area contributed by atoms with Gasteiger partial charge in [0.05, 0.1) is 10.7 Å². The van der Waals surface area contributed by atoms with Crippen molar-refractivity contribution in [2.24, 2.45) is 5.41 Å². The Bertz CT molecular complexity index is 418. The number of carbonyl (C=O) groups is 1. The number of hydrogen-bond donors (Lipinski definition) is 2. The van der Waals surface area contributed by atoms with Gasteiger partial charge < -0.3 is 10.6 Å². The third-order valence-electron chi connectivity index (χ3n) is 3.11. The average molecular weight is 269 g/mol. The Balaban J connectivity index is 2.72. The first kappa shape index (κ1) is 14.8. The van der Waals surface area contributed by atoms with Crippen molar-refractivity contribution in [1.29, 1.82) is 0 Å². The van der Waals surface area contributed by atoms with Crippen LogP contribution in [-0.2, 0) is 0 Å². The molecule has 4 heteroatoms. The van der Waals surface area contributed by atoms with E-state index in [0.717, 1.165) is 5.56 Å². The van der Waals surface area contributed by atoms with Crippen LogP contribution in [0.5, 0.6) is 0 Å². The number of hydrogen-bond acceptors (Lipinski definition) is 1. The Morgan fingerprint density at radius 2 is 1.94 bits per heavy atom. The van der Waals surface area contributed by atoms with Crippen LogP contribution < -0.4 is 10.6 Å². The lowest BCUT2D eigenvalue weighted by molar-refractivity contribution is 0.233. The van der Waals surface area contributed by atoms with Gasteiger partial charge in [0, 0.05) is 6.04 Å². The van der Waals surface area contributed by atoms with Gasteiger partial charge in [0.25, 0.3) is 0 Å². The topological polar surface area (TPSA) is 41.1 Å². The van der Waals surface area contributed by atoms with Crippen molar-refractivity contribution in [3.8, 4) is 0 Å². The first-order valence-corrected chi connectivity index (χ1v) is 6.42. The van der Waals surface area contributed by atoms with Crippen molar-refractivity contribution in [2.75, 3.05) is 5.32 Å². The van der Waals surface area contributed by atoms with E-state index in [1.807, 2.05) is 26.0 Å². The van der Waals surface area contributed by atoms with Gasteiger partial charge in [-0.05, 0) is 30.9 Å². The summed E-state index contributed by atoms with van der Waals surface area (Å²) in [5, 5.41) is 6.26. The van der Waals surface area contributed by atoms with Crippen LogP contribution >= 0.6 is 11.6 Å². The first-order valence-electron chi connectivity index (χ1n) is 6.04. The number of amides is 2. The molecule has 1 atom stereocenters. The van der Waals surface area contributed by atoms with Crippen molar-refractivity contribution in [2.45, 2.75) is 40.7 Å². The number of rotatable bonds is 2. The van der Waals surface area contributed by atoms with Crippen molar-refractivity contribution < 1.29 is 4.79 Å². The highest BCUT2D eigenvalue weighted by molar-refractivity contribution is 6.33.